The fourth-order valence-corrected chi connectivity index (χ4v) is 4.46. The zero-order chi connectivity index (χ0) is 20.3. The Hall–Kier alpha value is -2.27. The normalized spacial score (nSPS) is 17.2. The van der Waals surface area contributed by atoms with Gasteiger partial charge in [0, 0.05) is 11.3 Å². The van der Waals surface area contributed by atoms with Gasteiger partial charge in [-0.15, -0.1) is 11.8 Å². The molecule has 5 heteroatoms. The van der Waals surface area contributed by atoms with E-state index in [4.69, 9.17) is 0 Å². The quantitative estimate of drug-likeness (QED) is 0.712. The van der Waals surface area contributed by atoms with E-state index >= 15 is 0 Å². The molecule has 2 aromatic rings. The third kappa shape index (κ3) is 4.76. The number of nitrogens with one attached hydrogen (secondary N) is 2. The van der Waals surface area contributed by atoms with Crippen molar-refractivity contribution in [2.45, 2.75) is 56.2 Å². The standard InChI is InChI=1S/C23H28N2O2S/c1-14(2)16-9-11-17(12-10-16)22(15(3)4)25-21(26)13-20-23(27)24-18-7-5-6-8-19(18)28-20/h5-12,14-15,20,22H,13H2,1-4H3,(H,24,27)(H,25,26). The highest BCUT2D eigenvalue weighted by Crippen LogP contribution is 2.36. The van der Waals surface area contributed by atoms with Gasteiger partial charge in [-0.3, -0.25) is 9.59 Å². The molecule has 0 aromatic heterocycles. The number of amides is 2. The second kappa shape index (κ2) is 8.82. The lowest BCUT2D eigenvalue weighted by Crippen LogP contribution is -2.37. The van der Waals surface area contributed by atoms with Gasteiger partial charge in [-0.1, -0.05) is 64.1 Å². The lowest BCUT2D eigenvalue weighted by Gasteiger charge is -2.26. The van der Waals surface area contributed by atoms with Crippen LogP contribution in [0.1, 0.15) is 57.2 Å². The first-order valence-electron chi connectivity index (χ1n) is 9.81. The Morgan fingerprint density at radius 3 is 2.32 bits per heavy atom. The molecule has 2 amide bonds. The lowest BCUT2D eigenvalue weighted by atomic mass is 9.93. The van der Waals surface area contributed by atoms with Crippen molar-refractivity contribution >= 4 is 29.3 Å². The van der Waals surface area contributed by atoms with Gasteiger partial charge in [-0.2, -0.15) is 0 Å². The van der Waals surface area contributed by atoms with E-state index in [9.17, 15) is 9.59 Å². The van der Waals surface area contributed by atoms with Crippen LogP contribution in [0, 0.1) is 5.92 Å². The summed E-state index contributed by atoms with van der Waals surface area (Å²) in [5.74, 6) is 0.521. The summed E-state index contributed by atoms with van der Waals surface area (Å²) < 4.78 is 0. The molecular formula is C23H28N2O2S. The Morgan fingerprint density at radius 1 is 1.04 bits per heavy atom. The Kier molecular flexibility index (Phi) is 6.45. The van der Waals surface area contributed by atoms with E-state index in [0.29, 0.717) is 5.92 Å². The molecule has 0 spiro atoms. The van der Waals surface area contributed by atoms with Crippen LogP contribution in [0.4, 0.5) is 5.69 Å². The molecule has 28 heavy (non-hydrogen) atoms. The van der Waals surface area contributed by atoms with Crippen LogP contribution >= 0.6 is 11.8 Å². The van der Waals surface area contributed by atoms with Gasteiger partial charge >= 0.3 is 0 Å². The number of carbonyl (C=O) groups is 2. The molecule has 148 valence electrons. The highest BCUT2D eigenvalue weighted by Gasteiger charge is 2.30. The highest BCUT2D eigenvalue weighted by molar-refractivity contribution is 8.01. The van der Waals surface area contributed by atoms with E-state index in [1.807, 2.05) is 24.3 Å². The average Bonchev–Trinajstić information content (AvgIpc) is 2.66. The summed E-state index contributed by atoms with van der Waals surface area (Å²) in [6, 6.07) is 16.1. The molecule has 0 saturated carbocycles. The molecule has 1 aliphatic heterocycles. The smallest absolute Gasteiger partial charge is 0.238 e. The van der Waals surface area contributed by atoms with E-state index in [2.05, 4.69) is 62.6 Å². The third-order valence-electron chi connectivity index (χ3n) is 5.02. The van der Waals surface area contributed by atoms with Crippen LogP contribution in [0.3, 0.4) is 0 Å². The zero-order valence-corrected chi connectivity index (χ0v) is 17.7. The van der Waals surface area contributed by atoms with E-state index in [1.165, 1.54) is 17.3 Å². The number of anilines is 1. The van der Waals surface area contributed by atoms with Crippen LogP contribution in [0.25, 0.3) is 0 Å². The second-order valence-electron chi connectivity index (χ2n) is 7.91. The number of rotatable bonds is 6. The summed E-state index contributed by atoms with van der Waals surface area (Å²) in [5.41, 5.74) is 3.20. The van der Waals surface area contributed by atoms with E-state index in [-0.39, 0.29) is 30.2 Å². The van der Waals surface area contributed by atoms with Gasteiger partial charge in [0.05, 0.1) is 17.0 Å². The number of carbonyl (C=O) groups excluding carboxylic acids is 2. The van der Waals surface area contributed by atoms with Gasteiger partial charge in [-0.25, -0.2) is 0 Å². The summed E-state index contributed by atoms with van der Waals surface area (Å²) in [6.07, 6.45) is 0.165. The molecule has 1 heterocycles. The molecule has 3 rings (SSSR count). The third-order valence-corrected chi connectivity index (χ3v) is 6.30. The summed E-state index contributed by atoms with van der Waals surface area (Å²) in [6.45, 7) is 8.53. The number of hydrogen-bond acceptors (Lipinski definition) is 3. The molecule has 0 bridgehead atoms. The molecule has 2 aromatic carbocycles. The van der Waals surface area contributed by atoms with Crippen LogP contribution in [-0.4, -0.2) is 17.1 Å². The molecule has 0 radical (unpaired) electrons. The van der Waals surface area contributed by atoms with E-state index in [1.54, 1.807) is 0 Å². The van der Waals surface area contributed by atoms with E-state index in [0.717, 1.165) is 16.1 Å². The maximum absolute atomic E-state index is 12.7. The van der Waals surface area contributed by atoms with Crippen LogP contribution in [0.2, 0.25) is 0 Å². The van der Waals surface area contributed by atoms with Crippen LogP contribution in [0.15, 0.2) is 53.4 Å². The number of benzene rings is 2. The zero-order valence-electron chi connectivity index (χ0n) is 16.9. The summed E-state index contributed by atoms with van der Waals surface area (Å²) >= 11 is 1.46. The van der Waals surface area contributed by atoms with Crippen molar-refractivity contribution < 1.29 is 9.59 Å². The van der Waals surface area contributed by atoms with Crippen molar-refractivity contribution in [2.75, 3.05) is 5.32 Å². The summed E-state index contributed by atoms with van der Waals surface area (Å²) in [5, 5.41) is 5.63. The number of para-hydroxylation sites is 1. The Bertz CT molecular complexity index is 846. The first-order valence-corrected chi connectivity index (χ1v) is 10.7. The minimum atomic E-state index is -0.411. The van der Waals surface area contributed by atoms with Crippen molar-refractivity contribution in [1.29, 1.82) is 0 Å². The Labute approximate surface area is 171 Å². The summed E-state index contributed by atoms with van der Waals surface area (Å²) in [4.78, 5) is 26.1. The van der Waals surface area contributed by atoms with Crippen molar-refractivity contribution in [1.82, 2.24) is 5.32 Å². The first-order chi connectivity index (χ1) is 13.3. The lowest BCUT2D eigenvalue weighted by molar-refractivity contribution is -0.124. The minimum Gasteiger partial charge on any atom is -0.349 e. The van der Waals surface area contributed by atoms with Gasteiger partial charge in [0.25, 0.3) is 0 Å². The van der Waals surface area contributed by atoms with Crippen LogP contribution in [0.5, 0.6) is 0 Å². The largest absolute Gasteiger partial charge is 0.349 e. The molecule has 2 unspecified atom stereocenters. The number of thioether (sulfide) groups is 1. The maximum atomic E-state index is 12.7. The highest BCUT2D eigenvalue weighted by atomic mass is 32.2. The number of fused-ring (bicyclic) bond motifs is 1. The number of hydrogen-bond donors (Lipinski definition) is 2. The van der Waals surface area contributed by atoms with E-state index < -0.39 is 5.25 Å². The summed E-state index contributed by atoms with van der Waals surface area (Å²) in [7, 11) is 0. The van der Waals surface area contributed by atoms with Gasteiger partial charge < -0.3 is 10.6 Å². The Balaban J connectivity index is 1.67. The van der Waals surface area contributed by atoms with Gasteiger partial charge in [0.1, 0.15) is 0 Å². The second-order valence-corrected chi connectivity index (χ2v) is 9.15. The van der Waals surface area contributed by atoms with Crippen molar-refractivity contribution in [3.8, 4) is 0 Å². The molecule has 1 aliphatic rings. The topological polar surface area (TPSA) is 58.2 Å². The fourth-order valence-electron chi connectivity index (χ4n) is 3.35. The predicted octanol–water partition coefficient (Wildman–Crippen LogP) is 5.13. The molecule has 2 N–H and O–H groups in total. The van der Waals surface area contributed by atoms with Crippen LogP contribution < -0.4 is 10.6 Å². The predicted molar refractivity (Wildman–Crippen MR) is 116 cm³/mol. The molecule has 0 saturated heterocycles. The van der Waals surface area contributed by atoms with Crippen molar-refractivity contribution in [2.24, 2.45) is 5.92 Å². The van der Waals surface area contributed by atoms with Gasteiger partial charge in [0.2, 0.25) is 11.8 Å². The van der Waals surface area contributed by atoms with Crippen molar-refractivity contribution in [3.05, 3.63) is 59.7 Å². The SMILES string of the molecule is CC(C)c1ccc(C(NC(=O)CC2Sc3ccccc3NC2=O)C(C)C)cc1. The molecule has 4 nitrogen and oxygen atoms in total. The molecule has 0 fully saturated rings. The molecular weight excluding hydrogens is 368 g/mol. The fraction of sp³-hybridized carbons (Fsp3) is 0.391. The monoisotopic (exact) mass is 396 g/mol. The first kappa shape index (κ1) is 20.5. The van der Waals surface area contributed by atoms with Gasteiger partial charge in [0.15, 0.2) is 0 Å². The van der Waals surface area contributed by atoms with Gasteiger partial charge in [-0.05, 0) is 35.1 Å². The average molecular weight is 397 g/mol. The minimum absolute atomic E-state index is 0.0716. The maximum Gasteiger partial charge on any atom is 0.238 e. The Morgan fingerprint density at radius 2 is 1.68 bits per heavy atom. The molecule has 0 aliphatic carbocycles. The molecule has 2 atom stereocenters. The van der Waals surface area contributed by atoms with Crippen LogP contribution in [-0.2, 0) is 9.59 Å². The van der Waals surface area contributed by atoms with Crippen molar-refractivity contribution in [3.63, 3.8) is 0 Å².